The quantitative estimate of drug-likeness (QED) is 0.292. The summed E-state index contributed by atoms with van der Waals surface area (Å²) in [6.07, 6.45) is 0. The molecule has 2 heterocycles. The van der Waals surface area contributed by atoms with Crippen molar-refractivity contribution < 1.29 is 9.59 Å². The lowest BCUT2D eigenvalue weighted by Crippen LogP contribution is -2.20. The fourth-order valence-corrected chi connectivity index (χ4v) is 4.78. The van der Waals surface area contributed by atoms with E-state index in [9.17, 15) is 9.59 Å². The summed E-state index contributed by atoms with van der Waals surface area (Å²) in [5.74, 6) is -0.798. The van der Waals surface area contributed by atoms with Crippen LogP contribution in [0.25, 0.3) is 22.5 Å². The van der Waals surface area contributed by atoms with Gasteiger partial charge in [0.25, 0.3) is 11.8 Å². The van der Waals surface area contributed by atoms with Crippen molar-refractivity contribution in [1.29, 1.82) is 0 Å². The van der Waals surface area contributed by atoms with Crippen molar-refractivity contribution in [3.05, 3.63) is 107 Å². The van der Waals surface area contributed by atoms with E-state index >= 15 is 0 Å². The monoisotopic (exact) mass is 482 g/mol. The second kappa shape index (κ2) is 9.78. The van der Waals surface area contributed by atoms with Gasteiger partial charge in [-0.1, -0.05) is 72.8 Å². The molecule has 0 aliphatic rings. The molecule has 0 atom stereocenters. The molecule has 5 aromatic rings. The van der Waals surface area contributed by atoms with Crippen molar-refractivity contribution in [3.8, 4) is 22.5 Å². The highest BCUT2D eigenvalue weighted by Crippen LogP contribution is 2.27. The molecule has 0 aliphatic heterocycles. The van der Waals surface area contributed by atoms with Crippen molar-refractivity contribution in [1.82, 2.24) is 9.97 Å². The third kappa shape index (κ3) is 4.78. The van der Waals surface area contributed by atoms with Gasteiger partial charge in [-0.3, -0.25) is 20.2 Å². The minimum Gasteiger partial charge on any atom is -0.298 e. The molecule has 0 bridgehead atoms. The first-order valence-electron chi connectivity index (χ1n) is 10.4. The fraction of sp³-hybridized carbons (Fsp3) is 0. The zero-order valence-corrected chi connectivity index (χ0v) is 19.4. The summed E-state index contributed by atoms with van der Waals surface area (Å²) < 4.78 is 0. The summed E-state index contributed by atoms with van der Waals surface area (Å²) >= 11 is 2.67. The molecule has 2 N–H and O–H groups in total. The van der Waals surface area contributed by atoms with Crippen LogP contribution in [-0.2, 0) is 0 Å². The lowest BCUT2D eigenvalue weighted by atomic mass is 10.1. The number of carbonyl (C=O) groups excluding carboxylic acids is 2. The van der Waals surface area contributed by atoms with Crippen molar-refractivity contribution >= 4 is 44.8 Å². The van der Waals surface area contributed by atoms with E-state index in [4.69, 9.17) is 0 Å². The van der Waals surface area contributed by atoms with Crippen LogP contribution in [0.5, 0.6) is 0 Å². The molecule has 0 saturated heterocycles. The Morgan fingerprint density at radius 2 is 0.941 bits per heavy atom. The first-order chi connectivity index (χ1) is 16.7. The third-order valence-electron chi connectivity index (χ3n) is 5.00. The Kier molecular flexibility index (Phi) is 6.24. The zero-order chi connectivity index (χ0) is 23.3. The van der Waals surface area contributed by atoms with Gasteiger partial charge in [-0.15, -0.1) is 22.7 Å². The second-order valence-corrected chi connectivity index (χ2v) is 8.98. The summed E-state index contributed by atoms with van der Waals surface area (Å²) in [4.78, 5) is 35.0. The molecule has 34 heavy (non-hydrogen) atoms. The molecule has 0 radical (unpaired) electrons. The second-order valence-electron chi connectivity index (χ2n) is 7.26. The van der Waals surface area contributed by atoms with Crippen LogP contribution in [-0.4, -0.2) is 21.8 Å². The average molecular weight is 483 g/mol. The first kappa shape index (κ1) is 21.7. The van der Waals surface area contributed by atoms with E-state index in [1.54, 1.807) is 24.3 Å². The molecule has 166 valence electrons. The largest absolute Gasteiger partial charge is 0.298 e. The van der Waals surface area contributed by atoms with E-state index in [1.165, 1.54) is 22.7 Å². The number of anilines is 2. The lowest BCUT2D eigenvalue weighted by Gasteiger charge is -2.08. The number of hydrogen-bond acceptors (Lipinski definition) is 6. The van der Waals surface area contributed by atoms with Crippen molar-refractivity contribution in [3.63, 3.8) is 0 Å². The normalized spacial score (nSPS) is 10.6. The maximum Gasteiger partial charge on any atom is 0.258 e. The summed E-state index contributed by atoms with van der Waals surface area (Å²) in [6.45, 7) is 0. The van der Waals surface area contributed by atoms with Gasteiger partial charge in [0.05, 0.1) is 22.5 Å². The fourth-order valence-electron chi connectivity index (χ4n) is 3.35. The van der Waals surface area contributed by atoms with Gasteiger partial charge < -0.3 is 0 Å². The minimum atomic E-state index is -0.399. The van der Waals surface area contributed by atoms with Crippen LogP contribution in [0, 0.1) is 0 Å². The van der Waals surface area contributed by atoms with Crippen LogP contribution < -0.4 is 10.6 Å². The highest BCUT2D eigenvalue weighted by atomic mass is 32.1. The van der Waals surface area contributed by atoms with Crippen molar-refractivity contribution in [2.45, 2.75) is 0 Å². The van der Waals surface area contributed by atoms with Gasteiger partial charge in [-0.2, -0.15) is 0 Å². The molecule has 3 aromatic carbocycles. The van der Waals surface area contributed by atoms with Gasteiger partial charge in [0.15, 0.2) is 10.3 Å². The molecule has 0 aliphatic carbocycles. The number of thiazole rings is 2. The van der Waals surface area contributed by atoms with Crippen LogP contribution >= 0.6 is 22.7 Å². The first-order valence-corrected chi connectivity index (χ1v) is 12.2. The number of nitrogens with zero attached hydrogens (tertiary/aromatic N) is 2. The maximum absolute atomic E-state index is 13.0. The Balaban J connectivity index is 1.31. The van der Waals surface area contributed by atoms with E-state index in [-0.39, 0.29) is 11.1 Å². The van der Waals surface area contributed by atoms with Crippen LogP contribution in [0.3, 0.4) is 0 Å². The number of amides is 2. The minimum absolute atomic E-state index is 0.260. The Morgan fingerprint density at radius 1 is 0.559 bits per heavy atom. The van der Waals surface area contributed by atoms with Crippen LogP contribution in [0.2, 0.25) is 0 Å². The summed E-state index contributed by atoms with van der Waals surface area (Å²) in [6, 6.07) is 26.2. The molecular formula is C26H18N4O2S2. The molecular weight excluding hydrogens is 464 g/mol. The maximum atomic E-state index is 13.0. The topological polar surface area (TPSA) is 84.0 Å². The Hall–Kier alpha value is -4.14. The highest BCUT2D eigenvalue weighted by molar-refractivity contribution is 7.14. The molecule has 0 spiro atoms. The Labute approximate surface area is 204 Å². The standard InChI is InChI=1S/C26H18N4O2S2/c31-23(29-25-27-21(15-33-25)17-9-3-1-4-10-17)19-13-7-8-14-20(19)24(32)30-26-28-22(16-34-26)18-11-5-2-6-12-18/h1-16H,(H,27,29,31)(H,28,30,32). The molecule has 0 unspecified atom stereocenters. The Bertz CT molecular complexity index is 1340. The Morgan fingerprint density at radius 3 is 1.35 bits per heavy atom. The van der Waals surface area contributed by atoms with E-state index in [0.717, 1.165) is 22.5 Å². The molecule has 2 aromatic heterocycles. The highest BCUT2D eigenvalue weighted by Gasteiger charge is 2.19. The molecule has 8 heteroatoms. The van der Waals surface area contributed by atoms with Crippen molar-refractivity contribution in [2.24, 2.45) is 0 Å². The van der Waals surface area contributed by atoms with Gasteiger partial charge >= 0.3 is 0 Å². The molecule has 5 rings (SSSR count). The molecule has 0 fully saturated rings. The van der Waals surface area contributed by atoms with Gasteiger partial charge in [0, 0.05) is 21.9 Å². The van der Waals surface area contributed by atoms with Crippen LogP contribution in [0.1, 0.15) is 20.7 Å². The van der Waals surface area contributed by atoms with Gasteiger partial charge in [0.2, 0.25) is 0 Å². The van der Waals surface area contributed by atoms with E-state index in [0.29, 0.717) is 10.3 Å². The zero-order valence-electron chi connectivity index (χ0n) is 17.8. The SMILES string of the molecule is O=C(Nc1nc(-c2ccccc2)cs1)c1ccccc1C(=O)Nc1nc(-c2ccccc2)cs1. The van der Waals surface area contributed by atoms with Crippen LogP contribution in [0.4, 0.5) is 10.3 Å². The third-order valence-corrected chi connectivity index (χ3v) is 6.52. The van der Waals surface area contributed by atoms with Gasteiger partial charge in [0.1, 0.15) is 0 Å². The number of benzene rings is 3. The van der Waals surface area contributed by atoms with E-state index < -0.39 is 11.8 Å². The van der Waals surface area contributed by atoms with E-state index in [2.05, 4.69) is 20.6 Å². The average Bonchev–Trinajstić information content (AvgIpc) is 3.55. The molecule has 2 amide bonds. The van der Waals surface area contributed by atoms with Crippen LogP contribution in [0.15, 0.2) is 95.7 Å². The number of hydrogen-bond donors (Lipinski definition) is 2. The number of aromatic nitrogens is 2. The number of nitrogens with one attached hydrogen (secondary N) is 2. The summed E-state index contributed by atoms with van der Waals surface area (Å²) in [7, 11) is 0. The molecule has 6 nitrogen and oxygen atoms in total. The smallest absolute Gasteiger partial charge is 0.258 e. The predicted molar refractivity (Wildman–Crippen MR) is 137 cm³/mol. The predicted octanol–water partition coefficient (Wildman–Crippen LogP) is 6.44. The van der Waals surface area contributed by atoms with Gasteiger partial charge in [-0.05, 0) is 12.1 Å². The number of carbonyl (C=O) groups is 2. The van der Waals surface area contributed by atoms with Crippen molar-refractivity contribution in [2.75, 3.05) is 10.6 Å². The molecule has 0 saturated carbocycles. The van der Waals surface area contributed by atoms with Gasteiger partial charge in [-0.25, -0.2) is 9.97 Å². The number of rotatable bonds is 6. The summed E-state index contributed by atoms with van der Waals surface area (Å²) in [5, 5.41) is 10.3. The summed E-state index contributed by atoms with van der Waals surface area (Å²) in [5.41, 5.74) is 4.03. The van der Waals surface area contributed by atoms with E-state index in [1.807, 2.05) is 71.4 Å². The lowest BCUT2D eigenvalue weighted by molar-refractivity contribution is 0.0990.